The van der Waals surface area contributed by atoms with E-state index in [1.165, 1.54) is 12.1 Å². The molecule has 0 aliphatic carbocycles. The van der Waals surface area contributed by atoms with Gasteiger partial charge in [-0.3, -0.25) is 0 Å². The number of hydrogen-bond acceptors (Lipinski definition) is 1. The van der Waals surface area contributed by atoms with Crippen LogP contribution in [0.5, 0.6) is 0 Å². The Labute approximate surface area is 110 Å². The van der Waals surface area contributed by atoms with Gasteiger partial charge in [0.1, 0.15) is 0 Å². The molecule has 18 heavy (non-hydrogen) atoms. The van der Waals surface area contributed by atoms with Gasteiger partial charge >= 0.3 is 5.97 Å². The molecule has 2 rings (SSSR count). The lowest BCUT2D eigenvalue weighted by molar-refractivity contribution is 0.0697. The number of hydrogen-bond donors (Lipinski definition) is 1. The Hall–Kier alpha value is -1.75. The average Bonchev–Trinajstić information content (AvgIpc) is 2.32. The fraction of sp³-hybridized carbons (Fsp3) is 0. The Kier molecular flexibility index (Phi) is 3.43. The van der Waals surface area contributed by atoms with Gasteiger partial charge in [-0.25, -0.2) is 13.6 Å². The molecule has 0 amide bonds. The summed E-state index contributed by atoms with van der Waals surface area (Å²) in [5.74, 6) is -3.10. The Balaban J connectivity index is 2.63. The molecule has 2 aromatic carbocycles. The van der Waals surface area contributed by atoms with E-state index in [9.17, 15) is 13.6 Å². The number of rotatable bonds is 2. The Morgan fingerprint density at radius 2 is 1.78 bits per heavy atom. The third kappa shape index (κ3) is 2.41. The van der Waals surface area contributed by atoms with Gasteiger partial charge in [-0.2, -0.15) is 0 Å². The Bertz CT molecular complexity index is 626. The summed E-state index contributed by atoms with van der Waals surface area (Å²) in [6.07, 6.45) is 0. The van der Waals surface area contributed by atoms with Gasteiger partial charge in [0.2, 0.25) is 0 Å². The van der Waals surface area contributed by atoms with E-state index in [2.05, 4.69) is 15.9 Å². The van der Waals surface area contributed by atoms with Crippen molar-refractivity contribution in [1.29, 1.82) is 0 Å². The molecule has 0 radical (unpaired) electrons. The fourth-order valence-corrected chi connectivity index (χ4v) is 1.97. The maximum Gasteiger partial charge on any atom is 0.336 e. The first kappa shape index (κ1) is 12.7. The second kappa shape index (κ2) is 4.86. The van der Waals surface area contributed by atoms with E-state index in [1.54, 1.807) is 12.1 Å². The van der Waals surface area contributed by atoms with Crippen molar-refractivity contribution in [2.45, 2.75) is 0 Å². The Morgan fingerprint density at radius 3 is 2.39 bits per heavy atom. The van der Waals surface area contributed by atoms with Crippen LogP contribution in [-0.2, 0) is 0 Å². The summed E-state index contributed by atoms with van der Waals surface area (Å²) < 4.78 is 26.6. The zero-order valence-corrected chi connectivity index (χ0v) is 10.5. The number of carboxylic acids is 1. The van der Waals surface area contributed by atoms with Gasteiger partial charge in [0.15, 0.2) is 11.6 Å². The van der Waals surface area contributed by atoms with E-state index >= 15 is 0 Å². The fourth-order valence-electron chi connectivity index (χ4n) is 1.61. The molecule has 0 spiro atoms. The van der Waals surface area contributed by atoms with Gasteiger partial charge in [-0.1, -0.05) is 28.1 Å². The molecule has 2 nitrogen and oxygen atoms in total. The second-order valence-electron chi connectivity index (χ2n) is 3.62. The SMILES string of the molecule is O=C(O)c1cc(Br)ccc1-c1ccc(F)c(F)c1. The molecular weight excluding hydrogens is 306 g/mol. The zero-order valence-electron chi connectivity index (χ0n) is 8.95. The minimum atomic E-state index is -1.13. The molecule has 0 aliphatic heterocycles. The molecule has 0 aliphatic rings. The summed E-state index contributed by atoms with van der Waals surface area (Å²) in [5, 5.41) is 9.09. The standard InChI is InChI=1S/C13H7BrF2O2/c14-8-2-3-9(10(6-8)13(17)18)7-1-4-11(15)12(16)5-7/h1-6H,(H,17,18). The van der Waals surface area contributed by atoms with Crippen molar-refractivity contribution in [1.82, 2.24) is 0 Å². The number of halogens is 3. The predicted molar refractivity (Wildman–Crippen MR) is 66.5 cm³/mol. The highest BCUT2D eigenvalue weighted by Crippen LogP contribution is 2.27. The lowest BCUT2D eigenvalue weighted by Crippen LogP contribution is -2.00. The molecule has 0 fully saturated rings. The predicted octanol–water partition coefficient (Wildman–Crippen LogP) is 4.09. The summed E-state index contributed by atoms with van der Waals surface area (Å²) in [6.45, 7) is 0. The van der Waals surface area contributed by atoms with Gasteiger partial charge in [-0.15, -0.1) is 0 Å². The van der Waals surface area contributed by atoms with E-state index in [0.29, 0.717) is 15.6 Å². The zero-order chi connectivity index (χ0) is 13.3. The first-order chi connectivity index (χ1) is 8.49. The first-order valence-corrected chi connectivity index (χ1v) is 5.76. The van der Waals surface area contributed by atoms with Crippen LogP contribution in [0, 0.1) is 11.6 Å². The molecule has 0 unspecified atom stereocenters. The van der Waals surface area contributed by atoms with Crippen molar-refractivity contribution in [3.8, 4) is 11.1 Å². The molecule has 0 saturated carbocycles. The maximum absolute atomic E-state index is 13.1. The van der Waals surface area contributed by atoms with Crippen molar-refractivity contribution in [3.63, 3.8) is 0 Å². The molecule has 0 heterocycles. The second-order valence-corrected chi connectivity index (χ2v) is 4.54. The highest BCUT2D eigenvalue weighted by molar-refractivity contribution is 9.10. The minimum Gasteiger partial charge on any atom is -0.478 e. The molecule has 0 bridgehead atoms. The van der Waals surface area contributed by atoms with Crippen LogP contribution in [0.2, 0.25) is 0 Å². The van der Waals surface area contributed by atoms with Crippen molar-refractivity contribution in [2.24, 2.45) is 0 Å². The minimum absolute atomic E-state index is 0.0235. The lowest BCUT2D eigenvalue weighted by Gasteiger charge is -2.07. The molecule has 0 saturated heterocycles. The third-order valence-corrected chi connectivity index (χ3v) is 2.94. The van der Waals surface area contributed by atoms with Crippen LogP contribution >= 0.6 is 15.9 Å². The van der Waals surface area contributed by atoms with E-state index in [1.807, 2.05) is 0 Å². The highest BCUT2D eigenvalue weighted by Gasteiger charge is 2.13. The van der Waals surface area contributed by atoms with Crippen molar-refractivity contribution in [3.05, 3.63) is 58.1 Å². The quantitative estimate of drug-likeness (QED) is 0.906. The van der Waals surface area contributed by atoms with Gasteiger partial charge < -0.3 is 5.11 Å². The van der Waals surface area contributed by atoms with Gasteiger partial charge in [0, 0.05) is 4.47 Å². The highest BCUT2D eigenvalue weighted by atomic mass is 79.9. The van der Waals surface area contributed by atoms with Crippen LogP contribution in [-0.4, -0.2) is 11.1 Å². The van der Waals surface area contributed by atoms with Crippen LogP contribution in [0.15, 0.2) is 40.9 Å². The van der Waals surface area contributed by atoms with Crippen LogP contribution < -0.4 is 0 Å². The first-order valence-electron chi connectivity index (χ1n) is 4.97. The summed E-state index contributed by atoms with van der Waals surface area (Å²) >= 11 is 3.17. The third-order valence-electron chi connectivity index (χ3n) is 2.44. The monoisotopic (exact) mass is 312 g/mol. The molecule has 92 valence electrons. The molecule has 0 atom stereocenters. The number of carboxylic acid groups (broad SMARTS) is 1. The average molecular weight is 313 g/mol. The van der Waals surface area contributed by atoms with Gasteiger partial charge in [-0.05, 0) is 35.4 Å². The van der Waals surface area contributed by atoms with Crippen LogP contribution in [0.3, 0.4) is 0 Å². The Morgan fingerprint density at radius 1 is 1.06 bits per heavy atom. The maximum atomic E-state index is 13.1. The molecule has 0 aromatic heterocycles. The van der Waals surface area contributed by atoms with Crippen LogP contribution in [0.25, 0.3) is 11.1 Å². The summed E-state index contributed by atoms with van der Waals surface area (Å²) in [5.41, 5.74) is 0.679. The summed E-state index contributed by atoms with van der Waals surface area (Å²) in [7, 11) is 0. The van der Waals surface area contributed by atoms with Gasteiger partial charge in [0.25, 0.3) is 0 Å². The van der Waals surface area contributed by atoms with Crippen molar-refractivity contribution >= 4 is 21.9 Å². The van der Waals surface area contributed by atoms with E-state index < -0.39 is 17.6 Å². The topological polar surface area (TPSA) is 37.3 Å². The molecule has 5 heteroatoms. The van der Waals surface area contributed by atoms with Crippen LogP contribution in [0.4, 0.5) is 8.78 Å². The van der Waals surface area contributed by atoms with Crippen molar-refractivity contribution in [2.75, 3.05) is 0 Å². The van der Waals surface area contributed by atoms with Crippen molar-refractivity contribution < 1.29 is 18.7 Å². The van der Waals surface area contributed by atoms with E-state index in [0.717, 1.165) is 12.1 Å². The lowest BCUT2D eigenvalue weighted by atomic mass is 9.99. The molecule has 2 aromatic rings. The van der Waals surface area contributed by atoms with Crippen LogP contribution in [0.1, 0.15) is 10.4 Å². The number of aromatic carboxylic acids is 1. The number of benzene rings is 2. The van der Waals surface area contributed by atoms with Gasteiger partial charge in [0.05, 0.1) is 5.56 Å². The smallest absolute Gasteiger partial charge is 0.336 e. The normalized spacial score (nSPS) is 10.4. The molecular formula is C13H7BrF2O2. The number of carbonyl (C=O) groups is 1. The summed E-state index contributed by atoms with van der Waals surface area (Å²) in [4.78, 5) is 11.1. The summed E-state index contributed by atoms with van der Waals surface area (Å²) in [6, 6.07) is 7.89. The van der Waals surface area contributed by atoms with E-state index in [4.69, 9.17) is 5.11 Å². The molecule has 1 N–H and O–H groups in total. The largest absolute Gasteiger partial charge is 0.478 e. The van der Waals surface area contributed by atoms with E-state index in [-0.39, 0.29) is 5.56 Å².